The molecule has 1 atom stereocenters. The molecule has 94 valence electrons. The van der Waals surface area contributed by atoms with Gasteiger partial charge in [0.1, 0.15) is 6.29 Å². The Hall–Kier alpha value is -1.10. The summed E-state index contributed by atoms with van der Waals surface area (Å²) < 4.78 is 24.2. The molecule has 0 radical (unpaired) electrons. The van der Waals surface area contributed by atoms with Crippen molar-refractivity contribution in [3.63, 3.8) is 0 Å². The second kappa shape index (κ2) is 6.00. The highest BCUT2D eigenvalue weighted by Gasteiger charge is 2.21. The summed E-state index contributed by atoms with van der Waals surface area (Å²) in [5.41, 5.74) is 0.740. The standard InChI is InChI=1S/C12H14BrFO3/c1-7(4-5-15)8-6-9(13)10(14)12(17-3)11(8)16-2/h5-7H,4H2,1-3H3. The van der Waals surface area contributed by atoms with E-state index in [4.69, 9.17) is 9.47 Å². The van der Waals surface area contributed by atoms with Crippen molar-refractivity contribution in [2.75, 3.05) is 14.2 Å². The molecule has 0 N–H and O–H groups in total. The molecule has 0 aliphatic heterocycles. The van der Waals surface area contributed by atoms with Crippen LogP contribution in [-0.4, -0.2) is 20.5 Å². The SMILES string of the molecule is COc1c(C(C)CC=O)cc(Br)c(F)c1OC. The highest BCUT2D eigenvalue weighted by atomic mass is 79.9. The van der Waals surface area contributed by atoms with Crippen LogP contribution >= 0.6 is 15.9 Å². The molecule has 1 unspecified atom stereocenters. The molecule has 1 aromatic carbocycles. The third kappa shape index (κ3) is 2.77. The van der Waals surface area contributed by atoms with E-state index in [-0.39, 0.29) is 11.7 Å². The van der Waals surface area contributed by atoms with Crippen molar-refractivity contribution >= 4 is 22.2 Å². The number of halogens is 2. The predicted molar refractivity (Wildman–Crippen MR) is 66.3 cm³/mol. The zero-order valence-electron chi connectivity index (χ0n) is 9.92. The van der Waals surface area contributed by atoms with Crippen molar-refractivity contribution in [2.24, 2.45) is 0 Å². The molecule has 1 rings (SSSR count). The Kier molecular flexibility index (Phi) is 4.93. The van der Waals surface area contributed by atoms with Crippen LogP contribution in [0.15, 0.2) is 10.5 Å². The lowest BCUT2D eigenvalue weighted by Crippen LogP contribution is -2.03. The lowest BCUT2D eigenvalue weighted by molar-refractivity contribution is -0.108. The molecule has 3 nitrogen and oxygen atoms in total. The lowest BCUT2D eigenvalue weighted by atomic mass is 9.97. The molecule has 0 aliphatic carbocycles. The van der Waals surface area contributed by atoms with Gasteiger partial charge in [-0.15, -0.1) is 0 Å². The van der Waals surface area contributed by atoms with Crippen LogP contribution in [-0.2, 0) is 4.79 Å². The number of ether oxygens (including phenoxy) is 2. The molecule has 17 heavy (non-hydrogen) atoms. The summed E-state index contributed by atoms with van der Waals surface area (Å²) in [5.74, 6) is -0.183. The van der Waals surface area contributed by atoms with E-state index >= 15 is 0 Å². The number of hydrogen-bond acceptors (Lipinski definition) is 3. The number of methoxy groups -OCH3 is 2. The molecule has 1 aromatic rings. The van der Waals surface area contributed by atoms with Crippen LogP contribution in [0.1, 0.15) is 24.8 Å². The second-order valence-corrected chi connectivity index (χ2v) is 4.49. The lowest BCUT2D eigenvalue weighted by Gasteiger charge is -2.17. The van der Waals surface area contributed by atoms with Gasteiger partial charge in [-0.25, -0.2) is 4.39 Å². The maximum absolute atomic E-state index is 13.8. The Morgan fingerprint density at radius 2 is 2.00 bits per heavy atom. The van der Waals surface area contributed by atoms with Gasteiger partial charge in [-0.2, -0.15) is 0 Å². The molecule has 0 saturated carbocycles. The van der Waals surface area contributed by atoms with Crippen molar-refractivity contribution < 1.29 is 18.7 Å². The van der Waals surface area contributed by atoms with Gasteiger partial charge in [0.15, 0.2) is 17.3 Å². The number of carbonyl (C=O) groups excluding carboxylic acids is 1. The van der Waals surface area contributed by atoms with Crippen molar-refractivity contribution in [1.82, 2.24) is 0 Å². The average Bonchev–Trinajstić information content (AvgIpc) is 2.32. The Morgan fingerprint density at radius 3 is 2.47 bits per heavy atom. The van der Waals surface area contributed by atoms with Gasteiger partial charge in [-0.3, -0.25) is 0 Å². The maximum Gasteiger partial charge on any atom is 0.198 e. The summed E-state index contributed by atoms with van der Waals surface area (Å²) in [5, 5.41) is 0. The minimum absolute atomic E-state index is 0.0506. The van der Waals surface area contributed by atoms with Crippen molar-refractivity contribution in [3.8, 4) is 11.5 Å². The first kappa shape index (κ1) is 14.0. The van der Waals surface area contributed by atoms with Crippen LogP contribution in [0.5, 0.6) is 11.5 Å². The summed E-state index contributed by atoms with van der Waals surface area (Å²) >= 11 is 3.12. The summed E-state index contributed by atoms with van der Waals surface area (Å²) in [7, 11) is 2.82. The van der Waals surface area contributed by atoms with E-state index in [1.165, 1.54) is 14.2 Å². The highest BCUT2D eigenvalue weighted by molar-refractivity contribution is 9.10. The molecule has 0 bridgehead atoms. The van der Waals surface area contributed by atoms with Crippen LogP contribution in [0.25, 0.3) is 0 Å². The molecular weight excluding hydrogens is 291 g/mol. The largest absolute Gasteiger partial charge is 0.492 e. The van der Waals surface area contributed by atoms with E-state index in [1.54, 1.807) is 6.07 Å². The zero-order chi connectivity index (χ0) is 13.0. The normalized spacial score (nSPS) is 12.1. The Morgan fingerprint density at radius 1 is 1.41 bits per heavy atom. The molecule has 0 spiro atoms. The van der Waals surface area contributed by atoms with Gasteiger partial charge in [0.25, 0.3) is 0 Å². The van der Waals surface area contributed by atoms with Gasteiger partial charge in [0.05, 0.1) is 18.7 Å². The zero-order valence-corrected chi connectivity index (χ0v) is 11.5. The Balaban J connectivity index is 3.38. The first-order chi connectivity index (χ1) is 8.06. The fourth-order valence-electron chi connectivity index (χ4n) is 1.63. The van der Waals surface area contributed by atoms with Gasteiger partial charge >= 0.3 is 0 Å². The first-order valence-corrected chi connectivity index (χ1v) is 5.89. The maximum atomic E-state index is 13.8. The molecule has 0 saturated heterocycles. The minimum Gasteiger partial charge on any atom is -0.492 e. The molecule has 0 aromatic heterocycles. The van der Waals surface area contributed by atoms with E-state index < -0.39 is 5.82 Å². The number of carbonyl (C=O) groups is 1. The van der Waals surface area contributed by atoms with Crippen molar-refractivity contribution in [1.29, 1.82) is 0 Å². The number of rotatable bonds is 5. The summed E-state index contributed by atoms with van der Waals surface area (Å²) in [6.07, 6.45) is 1.17. The van der Waals surface area contributed by atoms with Crippen molar-refractivity contribution in [3.05, 3.63) is 21.9 Å². The van der Waals surface area contributed by atoms with Crippen LogP contribution in [0.3, 0.4) is 0 Å². The van der Waals surface area contributed by atoms with Gasteiger partial charge in [-0.05, 0) is 27.9 Å². The third-order valence-electron chi connectivity index (χ3n) is 2.55. The van der Waals surface area contributed by atoms with E-state index in [9.17, 15) is 9.18 Å². The fraction of sp³-hybridized carbons (Fsp3) is 0.417. The summed E-state index contributed by atoms with van der Waals surface area (Å²) in [6, 6.07) is 1.62. The van der Waals surface area contributed by atoms with Crippen LogP contribution in [0.4, 0.5) is 4.39 Å². The van der Waals surface area contributed by atoms with Gasteiger partial charge in [0, 0.05) is 12.0 Å². The third-order valence-corrected chi connectivity index (χ3v) is 3.13. The van der Waals surface area contributed by atoms with E-state index in [1.807, 2.05) is 6.92 Å². The molecule has 0 amide bonds. The van der Waals surface area contributed by atoms with Gasteiger partial charge in [0.2, 0.25) is 0 Å². The molecule has 0 fully saturated rings. The monoisotopic (exact) mass is 304 g/mol. The Labute approximate surface area is 108 Å². The summed E-state index contributed by atoms with van der Waals surface area (Å²) in [6.45, 7) is 1.87. The van der Waals surface area contributed by atoms with Crippen LogP contribution in [0, 0.1) is 5.82 Å². The Bertz CT molecular complexity index is 421. The molecule has 0 aliphatic rings. The molecule has 5 heteroatoms. The van der Waals surface area contributed by atoms with Crippen LogP contribution in [0.2, 0.25) is 0 Å². The predicted octanol–water partition coefficient (Wildman–Crippen LogP) is 3.30. The van der Waals surface area contributed by atoms with E-state index in [0.717, 1.165) is 11.8 Å². The topological polar surface area (TPSA) is 35.5 Å². The van der Waals surface area contributed by atoms with E-state index in [2.05, 4.69) is 15.9 Å². The highest BCUT2D eigenvalue weighted by Crippen LogP contribution is 2.41. The molecule has 0 heterocycles. The molecular formula is C12H14BrFO3. The number of aldehydes is 1. The second-order valence-electron chi connectivity index (χ2n) is 3.63. The summed E-state index contributed by atoms with van der Waals surface area (Å²) in [4.78, 5) is 10.5. The smallest absolute Gasteiger partial charge is 0.198 e. The van der Waals surface area contributed by atoms with Crippen LogP contribution < -0.4 is 9.47 Å². The first-order valence-electron chi connectivity index (χ1n) is 5.10. The van der Waals surface area contributed by atoms with Gasteiger partial charge in [-0.1, -0.05) is 6.92 Å². The average molecular weight is 305 g/mol. The quantitative estimate of drug-likeness (QED) is 0.783. The number of hydrogen-bond donors (Lipinski definition) is 0. The number of benzene rings is 1. The van der Waals surface area contributed by atoms with Crippen molar-refractivity contribution in [2.45, 2.75) is 19.3 Å². The fourth-order valence-corrected chi connectivity index (χ4v) is 2.06. The van der Waals surface area contributed by atoms with E-state index in [0.29, 0.717) is 16.6 Å². The van der Waals surface area contributed by atoms with Gasteiger partial charge < -0.3 is 14.3 Å². The minimum atomic E-state index is -0.508.